The summed E-state index contributed by atoms with van der Waals surface area (Å²) >= 11 is 0. The third-order valence-corrected chi connectivity index (χ3v) is 4.02. The number of nitrogens with two attached hydrogens (primary N) is 1. The molecule has 1 fully saturated rings. The van der Waals surface area contributed by atoms with E-state index in [0.29, 0.717) is 13.0 Å². The molecule has 19 heavy (non-hydrogen) atoms. The van der Waals surface area contributed by atoms with Gasteiger partial charge in [-0.05, 0) is 65.5 Å². The van der Waals surface area contributed by atoms with Gasteiger partial charge in [-0.25, -0.2) is 0 Å². The van der Waals surface area contributed by atoms with Gasteiger partial charge in [-0.15, -0.1) is 0 Å². The first-order valence-corrected chi connectivity index (χ1v) is 7.60. The zero-order valence-corrected chi connectivity index (χ0v) is 12.8. The van der Waals surface area contributed by atoms with Gasteiger partial charge in [0.15, 0.2) is 0 Å². The molecule has 4 nitrogen and oxygen atoms in total. The number of rotatable bonds is 9. The Morgan fingerprint density at radius 3 is 2.63 bits per heavy atom. The largest absolute Gasteiger partial charge is 0.465 e. The molecule has 1 rings (SSSR count). The highest BCUT2D eigenvalue weighted by molar-refractivity contribution is 5.79. The second-order valence-electron chi connectivity index (χ2n) is 6.15. The lowest BCUT2D eigenvalue weighted by Gasteiger charge is -2.30. The van der Waals surface area contributed by atoms with E-state index in [1.54, 1.807) is 6.92 Å². The Kier molecular flexibility index (Phi) is 6.80. The standard InChI is InChI=1S/C15H30N2O2/c1-4-19-14(18)15(2,16)10-5-6-11-17(3)12-13-8-7-9-13/h13H,4-12,16H2,1-3H3. The van der Waals surface area contributed by atoms with Crippen molar-refractivity contribution in [2.24, 2.45) is 11.7 Å². The van der Waals surface area contributed by atoms with Crippen LogP contribution in [0.5, 0.6) is 0 Å². The lowest BCUT2D eigenvalue weighted by atomic mass is 9.85. The number of nitrogens with zero attached hydrogens (tertiary/aromatic N) is 1. The number of esters is 1. The van der Waals surface area contributed by atoms with Gasteiger partial charge in [0, 0.05) is 6.54 Å². The van der Waals surface area contributed by atoms with E-state index in [9.17, 15) is 4.79 Å². The molecule has 0 aliphatic heterocycles. The molecule has 0 aromatic carbocycles. The quantitative estimate of drug-likeness (QED) is 0.515. The van der Waals surface area contributed by atoms with Gasteiger partial charge in [0.2, 0.25) is 0 Å². The monoisotopic (exact) mass is 270 g/mol. The number of carbonyl (C=O) groups excluding carboxylic acids is 1. The van der Waals surface area contributed by atoms with E-state index in [1.807, 2.05) is 6.92 Å². The predicted octanol–water partition coefficient (Wildman–Crippen LogP) is 2.17. The van der Waals surface area contributed by atoms with Gasteiger partial charge in [0.05, 0.1) is 6.61 Å². The van der Waals surface area contributed by atoms with Gasteiger partial charge in [-0.3, -0.25) is 4.79 Å². The van der Waals surface area contributed by atoms with Crippen molar-refractivity contribution in [3.63, 3.8) is 0 Å². The fraction of sp³-hybridized carbons (Fsp3) is 0.933. The number of carbonyl (C=O) groups is 1. The smallest absolute Gasteiger partial charge is 0.325 e. The van der Waals surface area contributed by atoms with Gasteiger partial charge in [0.25, 0.3) is 0 Å². The molecule has 1 atom stereocenters. The van der Waals surface area contributed by atoms with Crippen molar-refractivity contribution in [3.05, 3.63) is 0 Å². The van der Waals surface area contributed by atoms with Crippen molar-refractivity contribution in [1.82, 2.24) is 4.90 Å². The molecular weight excluding hydrogens is 240 g/mol. The third-order valence-electron chi connectivity index (χ3n) is 4.02. The molecule has 4 heteroatoms. The molecule has 112 valence electrons. The zero-order valence-electron chi connectivity index (χ0n) is 12.8. The highest BCUT2D eigenvalue weighted by Crippen LogP contribution is 2.26. The summed E-state index contributed by atoms with van der Waals surface area (Å²) in [4.78, 5) is 14.0. The average Bonchev–Trinajstić information content (AvgIpc) is 2.30. The maximum atomic E-state index is 11.6. The van der Waals surface area contributed by atoms with E-state index >= 15 is 0 Å². The normalized spacial score (nSPS) is 19.0. The summed E-state index contributed by atoms with van der Waals surface area (Å²) in [5, 5.41) is 0. The Balaban J connectivity index is 2.09. The van der Waals surface area contributed by atoms with E-state index in [2.05, 4.69) is 11.9 Å². The topological polar surface area (TPSA) is 55.6 Å². The molecule has 1 aliphatic rings. The van der Waals surface area contributed by atoms with Crippen molar-refractivity contribution in [3.8, 4) is 0 Å². The third kappa shape index (κ3) is 5.91. The van der Waals surface area contributed by atoms with Crippen LogP contribution in [0.1, 0.15) is 52.4 Å². The first-order chi connectivity index (χ1) is 8.95. The second kappa shape index (κ2) is 7.85. The van der Waals surface area contributed by atoms with Gasteiger partial charge in [0.1, 0.15) is 5.54 Å². The molecule has 0 aromatic heterocycles. The van der Waals surface area contributed by atoms with E-state index < -0.39 is 5.54 Å². The Morgan fingerprint density at radius 1 is 1.42 bits per heavy atom. The summed E-state index contributed by atoms with van der Waals surface area (Å²) in [5.41, 5.74) is 5.16. The van der Waals surface area contributed by atoms with Gasteiger partial charge in [-0.2, -0.15) is 0 Å². The molecule has 1 unspecified atom stereocenters. The Bertz CT molecular complexity index is 275. The molecule has 0 saturated heterocycles. The van der Waals surface area contributed by atoms with Crippen LogP contribution in [0, 0.1) is 5.92 Å². The molecule has 1 aliphatic carbocycles. The maximum Gasteiger partial charge on any atom is 0.325 e. The average molecular weight is 270 g/mol. The van der Waals surface area contributed by atoms with Crippen LogP contribution in [0.3, 0.4) is 0 Å². The van der Waals surface area contributed by atoms with Crippen LogP contribution in [-0.4, -0.2) is 43.2 Å². The van der Waals surface area contributed by atoms with E-state index in [1.165, 1.54) is 25.8 Å². The fourth-order valence-electron chi connectivity index (χ4n) is 2.48. The fourth-order valence-corrected chi connectivity index (χ4v) is 2.48. The highest BCUT2D eigenvalue weighted by Gasteiger charge is 2.29. The summed E-state index contributed by atoms with van der Waals surface area (Å²) in [6.07, 6.45) is 6.96. The molecule has 2 N–H and O–H groups in total. The van der Waals surface area contributed by atoms with Crippen LogP contribution in [0.4, 0.5) is 0 Å². The van der Waals surface area contributed by atoms with Crippen LogP contribution in [0.2, 0.25) is 0 Å². The zero-order chi connectivity index (χ0) is 14.3. The van der Waals surface area contributed by atoms with Crippen molar-refractivity contribution < 1.29 is 9.53 Å². The van der Waals surface area contributed by atoms with Crippen LogP contribution < -0.4 is 5.73 Å². The van der Waals surface area contributed by atoms with Gasteiger partial charge < -0.3 is 15.4 Å². The lowest BCUT2D eigenvalue weighted by molar-refractivity contribution is -0.149. The molecule has 0 radical (unpaired) electrons. The Morgan fingerprint density at radius 2 is 2.11 bits per heavy atom. The minimum Gasteiger partial charge on any atom is -0.465 e. The number of ether oxygens (including phenoxy) is 1. The van der Waals surface area contributed by atoms with Gasteiger partial charge >= 0.3 is 5.97 Å². The number of unbranched alkanes of at least 4 members (excludes halogenated alkanes) is 1. The molecule has 0 heterocycles. The summed E-state index contributed by atoms with van der Waals surface area (Å²) in [6.45, 7) is 6.29. The summed E-state index contributed by atoms with van der Waals surface area (Å²) in [5.74, 6) is 0.641. The molecular formula is C15H30N2O2. The SMILES string of the molecule is CCOC(=O)C(C)(N)CCCCN(C)CC1CCC1. The van der Waals surface area contributed by atoms with Crippen molar-refractivity contribution in [1.29, 1.82) is 0 Å². The summed E-state index contributed by atoms with van der Waals surface area (Å²) in [7, 11) is 2.19. The molecule has 0 aromatic rings. The molecule has 0 bridgehead atoms. The lowest BCUT2D eigenvalue weighted by Crippen LogP contribution is -2.46. The number of hydrogen-bond donors (Lipinski definition) is 1. The van der Waals surface area contributed by atoms with Crippen molar-refractivity contribution in [2.75, 3.05) is 26.7 Å². The molecule has 1 saturated carbocycles. The van der Waals surface area contributed by atoms with Crippen LogP contribution in [0.15, 0.2) is 0 Å². The minimum absolute atomic E-state index is 0.280. The first kappa shape index (κ1) is 16.4. The van der Waals surface area contributed by atoms with Crippen LogP contribution in [0.25, 0.3) is 0 Å². The number of hydrogen-bond acceptors (Lipinski definition) is 4. The summed E-state index contributed by atoms with van der Waals surface area (Å²) < 4.78 is 4.99. The van der Waals surface area contributed by atoms with Crippen molar-refractivity contribution >= 4 is 5.97 Å². The van der Waals surface area contributed by atoms with E-state index in [-0.39, 0.29) is 5.97 Å². The van der Waals surface area contributed by atoms with E-state index in [0.717, 1.165) is 25.3 Å². The Labute approximate surface area is 117 Å². The Hall–Kier alpha value is -0.610. The highest BCUT2D eigenvalue weighted by atomic mass is 16.5. The van der Waals surface area contributed by atoms with Crippen molar-refractivity contribution in [2.45, 2.75) is 57.9 Å². The molecule has 0 amide bonds. The molecule has 0 spiro atoms. The van der Waals surface area contributed by atoms with E-state index in [4.69, 9.17) is 10.5 Å². The summed E-state index contributed by atoms with van der Waals surface area (Å²) in [6, 6.07) is 0. The minimum atomic E-state index is -0.831. The van der Waals surface area contributed by atoms with Gasteiger partial charge in [-0.1, -0.05) is 6.42 Å². The predicted molar refractivity (Wildman–Crippen MR) is 77.9 cm³/mol. The van der Waals surface area contributed by atoms with Crippen LogP contribution in [-0.2, 0) is 9.53 Å². The second-order valence-corrected chi connectivity index (χ2v) is 6.15. The maximum absolute atomic E-state index is 11.6. The first-order valence-electron chi connectivity index (χ1n) is 7.60. The van der Waals surface area contributed by atoms with Crippen LogP contribution >= 0.6 is 0 Å².